The number of methoxy groups -OCH3 is 1. The molecule has 1 unspecified atom stereocenters. The normalized spacial score (nSPS) is 17.9. The van der Waals surface area contributed by atoms with E-state index in [1.165, 1.54) is 18.5 Å². The summed E-state index contributed by atoms with van der Waals surface area (Å²) in [6.07, 6.45) is 2.22. The minimum Gasteiger partial charge on any atom is -0.389 e. The summed E-state index contributed by atoms with van der Waals surface area (Å²) in [5, 5.41) is 9.67. The van der Waals surface area contributed by atoms with Gasteiger partial charge in [-0.15, -0.1) is 0 Å². The van der Waals surface area contributed by atoms with Crippen LogP contribution in [0.15, 0.2) is 22.7 Å². The number of halogens is 1. The molecule has 0 amide bonds. The largest absolute Gasteiger partial charge is 0.389 e. The molecule has 2 atom stereocenters. The Morgan fingerprint density at radius 3 is 2.60 bits per heavy atom. The molecule has 0 heterocycles. The van der Waals surface area contributed by atoms with E-state index in [0.717, 1.165) is 29.1 Å². The Morgan fingerprint density at radius 1 is 1.40 bits per heavy atom. The number of nitrogens with zero attached hydrogens (tertiary/aromatic N) is 1. The van der Waals surface area contributed by atoms with Crippen LogP contribution in [-0.4, -0.2) is 31.4 Å². The highest BCUT2D eigenvalue weighted by Crippen LogP contribution is 2.39. The van der Waals surface area contributed by atoms with E-state index in [1.54, 1.807) is 14.0 Å². The number of hydrogen-bond acceptors (Lipinski definition) is 3. The molecule has 1 aromatic carbocycles. The van der Waals surface area contributed by atoms with E-state index in [4.69, 9.17) is 4.74 Å². The summed E-state index contributed by atoms with van der Waals surface area (Å²) < 4.78 is 6.29. The van der Waals surface area contributed by atoms with Crippen molar-refractivity contribution in [1.82, 2.24) is 0 Å². The molecule has 1 fully saturated rings. The Hall–Kier alpha value is -0.580. The number of aliphatic hydroxyl groups is 1. The average Bonchev–Trinajstić information content (AvgIpc) is 3.24. The molecule has 1 aromatic rings. The minimum absolute atomic E-state index is 0.436. The van der Waals surface area contributed by atoms with Crippen molar-refractivity contribution < 1.29 is 9.84 Å². The smallest absolute Gasteiger partial charge is 0.0762 e. The second kappa shape index (κ2) is 6.92. The zero-order valence-electron chi connectivity index (χ0n) is 12.5. The maximum absolute atomic E-state index is 9.67. The highest BCUT2D eigenvalue weighted by molar-refractivity contribution is 9.10. The lowest BCUT2D eigenvalue weighted by molar-refractivity contribution is 0.199. The van der Waals surface area contributed by atoms with Gasteiger partial charge in [-0.2, -0.15) is 0 Å². The van der Waals surface area contributed by atoms with Crippen molar-refractivity contribution in [3.8, 4) is 0 Å². The molecule has 1 aliphatic carbocycles. The van der Waals surface area contributed by atoms with Crippen LogP contribution < -0.4 is 4.90 Å². The van der Waals surface area contributed by atoms with Gasteiger partial charge in [0.2, 0.25) is 0 Å². The van der Waals surface area contributed by atoms with E-state index in [0.29, 0.717) is 6.04 Å². The second-order valence-corrected chi connectivity index (χ2v) is 6.51. The van der Waals surface area contributed by atoms with Crippen molar-refractivity contribution in [3.63, 3.8) is 0 Å². The summed E-state index contributed by atoms with van der Waals surface area (Å²) in [6.45, 7) is 5.70. The SMILES string of the molecule is COCCN(c1ccc([C@@H](C)O)cc1Br)C(C)C1CC1. The van der Waals surface area contributed by atoms with Gasteiger partial charge in [-0.1, -0.05) is 6.07 Å². The average molecular weight is 342 g/mol. The molecular weight excluding hydrogens is 318 g/mol. The van der Waals surface area contributed by atoms with Crippen LogP contribution in [-0.2, 0) is 4.74 Å². The maximum Gasteiger partial charge on any atom is 0.0762 e. The number of aliphatic hydroxyl groups excluding tert-OH is 1. The van der Waals surface area contributed by atoms with E-state index < -0.39 is 6.10 Å². The van der Waals surface area contributed by atoms with E-state index in [-0.39, 0.29) is 0 Å². The molecule has 0 spiro atoms. The van der Waals surface area contributed by atoms with Crippen LogP contribution in [0.25, 0.3) is 0 Å². The Kier molecular flexibility index (Phi) is 5.47. The summed E-state index contributed by atoms with van der Waals surface area (Å²) in [6, 6.07) is 6.64. The van der Waals surface area contributed by atoms with Gasteiger partial charge in [-0.05, 0) is 66.2 Å². The van der Waals surface area contributed by atoms with Crippen LogP contribution in [0.5, 0.6) is 0 Å². The minimum atomic E-state index is -0.436. The Bertz CT molecular complexity index is 446. The first-order valence-corrected chi connectivity index (χ1v) is 8.07. The molecule has 1 N–H and O–H groups in total. The summed E-state index contributed by atoms with van der Waals surface area (Å²) >= 11 is 3.65. The number of anilines is 1. The van der Waals surface area contributed by atoms with Gasteiger partial charge in [0.25, 0.3) is 0 Å². The fourth-order valence-corrected chi connectivity index (χ4v) is 3.21. The number of hydrogen-bond donors (Lipinski definition) is 1. The second-order valence-electron chi connectivity index (χ2n) is 5.65. The number of benzene rings is 1. The van der Waals surface area contributed by atoms with E-state index in [1.807, 2.05) is 12.1 Å². The quantitative estimate of drug-likeness (QED) is 0.819. The van der Waals surface area contributed by atoms with Crippen molar-refractivity contribution in [1.29, 1.82) is 0 Å². The lowest BCUT2D eigenvalue weighted by Crippen LogP contribution is -2.37. The third kappa shape index (κ3) is 3.74. The van der Waals surface area contributed by atoms with Gasteiger partial charge in [-0.25, -0.2) is 0 Å². The van der Waals surface area contributed by atoms with E-state index in [9.17, 15) is 5.11 Å². The molecule has 3 nitrogen and oxygen atoms in total. The van der Waals surface area contributed by atoms with Crippen LogP contribution >= 0.6 is 15.9 Å². The molecule has 0 radical (unpaired) electrons. The van der Waals surface area contributed by atoms with E-state index >= 15 is 0 Å². The lowest BCUT2D eigenvalue weighted by Gasteiger charge is -2.32. The highest BCUT2D eigenvalue weighted by atomic mass is 79.9. The summed E-state index contributed by atoms with van der Waals surface area (Å²) in [5.41, 5.74) is 2.12. The van der Waals surface area contributed by atoms with Crippen LogP contribution in [0.4, 0.5) is 5.69 Å². The van der Waals surface area contributed by atoms with Crippen LogP contribution in [0.1, 0.15) is 38.4 Å². The van der Waals surface area contributed by atoms with Crippen molar-refractivity contribution >= 4 is 21.6 Å². The van der Waals surface area contributed by atoms with Crippen LogP contribution in [0, 0.1) is 5.92 Å². The van der Waals surface area contributed by atoms with Gasteiger partial charge in [0.05, 0.1) is 18.4 Å². The van der Waals surface area contributed by atoms with Gasteiger partial charge in [0, 0.05) is 24.2 Å². The van der Waals surface area contributed by atoms with Gasteiger partial charge in [0.1, 0.15) is 0 Å². The molecule has 4 heteroatoms. The molecule has 2 rings (SSSR count). The zero-order valence-corrected chi connectivity index (χ0v) is 14.1. The van der Waals surface area contributed by atoms with Gasteiger partial charge in [0.15, 0.2) is 0 Å². The maximum atomic E-state index is 9.67. The predicted molar refractivity (Wildman–Crippen MR) is 86.2 cm³/mol. The summed E-state index contributed by atoms with van der Waals surface area (Å²) in [5.74, 6) is 0.801. The molecule has 0 aromatic heterocycles. The number of ether oxygens (including phenoxy) is 1. The lowest BCUT2D eigenvalue weighted by atomic mass is 10.1. The van der Waals surface area contributed by atoms with Crippen LogP contribution in [0.3, 0.4) is 0 Å². The fraction of sp³-hybridized carbons (Fsp3) is 0.625. The summed E-state index contributed by atoms with van der Waals surface area (Å²) in [4.78, 5) is 2.41. The Labute approximate surface area is 130 Å². The summed E-state index contributed by atoms with van der Waals surface area (Å²) in [7, 11) is 1.74. The van der Waals surface area contributed by atoms with Crippen molar-refractivity contribution in [2.75, 3.05) is 25.2 Å². The molecule has 0 saturated heterocycles. The third-order valence-corrected chi connectivity index (χ3v) is 4.73. The van der Waals surface area contributed by atoms with Crippen LogP contribution in [0.2, 0.25) is 0 Å². The zero-order chi connectivity index (χ0) is 14.7. The monoisotopic (exact) mass is 341 g/mol. The Morgan fingerprint density at radius 2 is 2.10 bits per heavy atom. The van der Waals surface area contributed by atoms with E-state index in [2.05, 4.69) is 33.8 Å². The number of rotatable bonds is 7. The predicted octanol–water partition coefficient (Wildman–Crippen LogP) is 3.75. The Balaban J connectivity index is 2.22. The molecule has 0 bridgehead atoms. The molecule has 20 heavy (non-hydrogen) atoms. The highest BCUT2D eigenvalue weighted by Gasteiger charge is 2.32. The van der Waals surface area contributed by atoms with Gasteiger partial charge >= 0.3 is 0 Å². The fourth-order valence-electron chi connectivity index (χ4n) is 2.58. The van der Waals surface area contributed by atoms with Crippen molar-refractivity contribution in [2.24, 2.45) is 5.92 Å². The van der Waals surface area contributed by atoms with Gasteiger partial charge in [-0.3, -0.25) is 0 Å². The molecule has 1 saturated carbocycles. The molecule has 1 aliphatic rings. The first kappa shape index (κ1) is 15.8. The molecular formula is C16H24BrNO2. The first-order chi connectivity index (χ1) is 9.54. The van der Waals surface area contributed by atoms with Crippen molar-refractivity contribution in [2.45, 2.75) is 38.8 Å². The molecule has 0 aliphatic heterocycles. The van der Waals surface area contributed by atoms with Crippen molar-refractivity contribution in [3.05, 3.63) is 28.2 Å². The third-order valence-electron chi connectivity index (χ3n) is 4.10. The first-order valence-electron chi connectivity index (χ1n) is 7.27. The molecule has 112 valence electrons. The van der Waals surface area contributed by atoms with Gasteiger partial charge < -0.3 is 14.7 Å². The topological polar surface area (TPSA) is 32.7 Å². The standard InChI is InChI=1S/C16H24BrNO2/c1-11(13-4-5-13)18(8-9-20-3)16-7-6-14(12(2)19)10-15(16)17/h6-7,10-13,19H,4-5,8-9H2,1-3H3/t11?,12-/m1/s1.